The van der Waals surface area contributed by atoms with Crippen LogP contribution >= 0.6 is 0 Å². The topological polar surface area (TPSA) is 71.1 Å². The Bertz CT molecular complexity index is 612. The van der Waals surface area contributed by atoms with Gasteiger partial charge in [-0.3, -0.25) is 14.5 Å². The summed E-state index contributed by atoms with van der Waals surface area (Å²) in [6.45, 7) is 6.67. The van der Waals surface area contributed by atoms with Gasteiger partial charge in [-0.25, -0.2) is 0 Å². The predicted octanol–water partition coefficient (Wildman–Crippen LogP) is 0.873. The van der Waals surface area contributed by atoms with E-state index in [-0.39, 0.29) is 17.9 Å². The molecule has 138 valence electrons. The molecule has 0 spiro atoms. The first-order valence-electron chi connectivity index (χ1n) is 8.44. The van der Waals surface area contributed by atoms with Gasteiger partial charge < -0.3 is 19.7 Å². The summed E-state index contributed by atoms with van der Waals surface area (Å²) in [6, 6.07) is 5.35. The smallest absolute Gasteiger partial charge is 0.237 e. The van der Waals surface area contributed by atoms with E-state index in [1.54, 1.807) is 21.1 Å². The van der Waals surface area contributed by atoms with Crippen molar-refractivity contribution in [3.63, 3.8) is 0 Å². The van der Waals surface area contributed by atoms with Gasteiger partial charge in [0.1, 0.15) is 0 Å². The summed E-state index contributed by atoms with van der Waals surface area (Å²) in [6.07, 6.45) is 0. The average molecular weight is 349 g/mol. The van der Waals surface area contributed by atoms with Crippen LogP contribution in [0.4, 0.5) is 0 Å². The van der Waals surface area contributed by atoms with Gasteiger partial charge in [0.05, 0.1) is 20.3 Å². The number of hydrogen-bond acceptors (Lipinski definition) is 5. The molecule has 1 heterocycles. The molecule has 2 amide bonds. The SMILES string of the molecule is COc1ccc(CNC(=O)[C@@H](C)N2CCN(C(C)=O)CC2)cc1OC. The van der Waals surface area contributed by atoms with Gasteiger partial charge in [-0.05, 0) is 24.6 Å². The largest absolute Gasteiger partial charge is 0.493 e. The van der Waals surface area contributed by atoms with Crippen LogP contribution in [0, 0.1) is 0 Å². The molecule has 1 saturated heterocycles. The standard InChI is InChI=1S/C18H27N3O4/c1-13(20-7-9-21(10-8-20)14(2)22)18(23)19-12-15-5-6-16(24-3)17(11-15)25-4/h5-6,11,13H,7-10,12H2,1-4H3,(H,19,23)/t13-/m1/s1. The van der Waals surface area contributed by atoms with E-state index < -0.39 is 0 Å². The molecule has 0 radical (unpaired) electrons. The molecular formula is C18H27N3O4. The molecule has 0 aromatic heterocycles. The van der Waals surface area contributed by atoms with Gasteiger partial charge in [0, 0.05) is 39.6 Å². The van der Waals surface area contributed by atoms with Crippen LogP contribution < -0.4 is 14.8 Å². The van der Waals surface area contributed by atoms with Crippen molar-refractivity contribution in [2.45, 2.75) is 26.4 Å². The van der Waals surface area contributed by atoms with E-state index in [0.29, 0.717) is 44.2 Å². The second-order valence-corrected chi connectivity index (χ2v) is 6.13. The predicted molar refractivity (Wildman–Crippen MR) is 94.7 cm³/mol. The van der Waals surface area contributed by atoms with Crippen LogP contribution in [0.1, 0.15) is 19.4 Å². The maximum absolute atomic E-state index is 12.4. The summed E-state index contributed by atoms with van der Waals surface area (Å²) in [4.78, 5) is 27.7. The highest BCUT2D eigenvalue weighted by atomic mass is 16.5. The zero-order chi connectivity index (χ0) is 18.4. The van der Waals surface area contributed by atoms with Crippen LogP contribution in [-0.4, -0.2) is 68.1 Å². The highest BCUT2D eigenvalue weighted by Crippen LogP contribution is 2.27. The minimum Gasteiger partial charge on any atom is -0.493 e. The van der Waals surface area contributed by atoms with E-state index in [2.05, 4.69) is 10.2 Å². The summed E-state index contributed by atoms with van der Waals surface area (Å²) in [5.74, 6) is 1.37. The second-order valence-electron chi connectivity index (χ2n) is 6.13. The van der Waals surface area contributed by atoms with E-state index in [0.717, 1.165) is 5.56 Å². The average Bonchev–Trinajstić information content (AvgIpc) is 2.65. The van der Waals surface area contributed by atoms with Crippen molar-refractivity contribution < 1.29 is 19.1 Å². The first-order valence-corrected chi connectivity index (χ1v) is 8.44. The Hall–Kier alpha value is -2.28. The van der Waals surface area contributed by atoms with Crippen molar-refractivity contribution >= 4 is 11.8 Å². The Morgan fingerprint density at radius 2 is 1.76 bits per heavy atom. The maximum atomic E-state index is 12.4. The lowest BCUT2D eigenvalue weighted by Gasteiger charge is -2.37. The Kier molecular flexibility index (Phi) is 6.64. The number of carbonyl (C=O) groups is 2. The van der Waals surface area contributed by atoms with Gasteiger partial charge in [0.25, 0.3) is 0 Å². The molecule has 1 aromatic carbocycles. The molecule has 0 aliphatic carbocycles. The fourth-order valence-corrected chi connectivity index (χ4v) is 2.92. The number of amides is 2. The first kappa shape index (κ1) is 19.1. The molecule has 1 aromatic rings. The van der Waals surface area contributed by atoms with Crippen LogP contribution in [0.3, 0.4) is 0 Å². The molecule has 25 heavy (non-hydrogen) atoms. The fourth-order valence-electron chi connectivity index (χ4n) is 2.92. The van der Waals surface area contributed by atoms with Crippen LogP contribution in [0.25, 0.3) is 0 Å². The molecule has 1 fully saturated rings. The number of benzene rings is 1. The zero-order valence-corrected chi connectivity index (χ0v) is 15.4. The third-order valence-electron chi connectivity index (χ3n) is 4.60. The fraction of sp³-hybridized carbons (Fsp3) is 0.556. The van der Waals surface area contributed by atoms with E-state index in [4.69, 9.17) is 9.47 Å². The van der Waals surface area contributed by atoms with Crippen molar-refractivity contribution in [3.8, 4) is 11.5 Å². The van der Waals surface area contributed by atoms with Crippen molar-refractivity contribution in [1.29, 1.82) is 0 Å². The number of hydrogen-bond donors (Lipinski definition) is 1. The minimum atomic E-state index is -0.228. The van der Waals surface area contributed by atoms with Crippen molar-refractivity contribution in [1.82, 2.24) is 15.1 Å². The molecule has 1 aliphatic rings. The third kappa shape index (κ3) is 4.85. The van der Waals surface area contributed by atoms with Crippen LogP contribution in [0.2, 0.25) is 0 Å². The van der Waals surface area contributed by atoms with E-state index >= 15 is 0 Å². The zero-order valence-electron chi connectivity index (χ0n) is 15.4. The third-order valence-corrected chi connectivity index (χ3v) is 4.60. The Morgan fingerprint density at radius 3 is 2.32 bits per heavy atom. The van der Waals surface area contributed by atoms with Gasteiger partial charge in [-0.2, -0.15) is 0 Å². The lowest BCUT2D eigenvalue weighted by Crippen LogP contribution is -2.54. The summed E-state index contributed by atoms with van der Waals surface area (Å²) in [5, 5.41) is 2.96. The minimum absolute atomic E-state index is 0.0222. The number of nitrogens with zero attached hydrogens (tertiary/aromatic N) is 2. The van der Waals surface area contributed by atoms with Gasteiger partial charge in [0.2, 0.25) is 11.8 Å². The van der Waals surface area contributed by atoms with Crippen LogP contribution in [-0.2, 0) is 16.1 Å². The lowest BCUT2D eigenvalue weighted by molar-refractivity contribution is -0.132. The number of methoxy groups -OCH3 is 2. The highest BCUT2D eigenvalue weighted by Gasteiger charge is 2.26. The molecule has 1 atom stereocenters. The summed E-state index contributed by atoms with van der Waals surface area (Å²) in [5.41, 5.74) is 0.944. The molecule has 0 bridgehead atoms. The van der Waals surface area contributed by atoms with Gasteiger partial charge in [-0.1, -0.05) is 6.07 Å². The molecule has 2 rings (SSSR count). The van der Waals surface area contributed by atoms with E-state index in [1.165, 1.54) is 0 Å². The molecule has 1 N–H and O–H groups in total. The summed E-state index contributed by atoms with van der Waals surface area (Å²) >= 11 is 0. The summed E-state index contributed by atoms with van der Waals surface area (Å²) in [7, 11) is 3.18. The van der Waals surface area contributed by atoms with Crippen molar-refractivity contribution in [2.24, 2.45) is 0 Å². The molecule has 0 unspecified atom stereocenters. The first-order chi connectivity index (χ1) is 12.0. The normalized spacial score (nSPS) is 16.2. The van der Waals surface area contributed by atoms with Gasteiger partial charge in [-0.15, -0.1) is 0 Å². The highest BCUT2D eigenvalue weighted by molar-refractivity contribution is 5.81. The van der Waals surface area contributed by atoms with E-state index in [9.17, 15) is 9.59 Å². The number of rotatable bonds is 6. The number of piperazine rings is 1. The Balaban J connectivity index is 1.86. The quantitative estimate of drug-likeness (QED) is 0.825. The van der Waals surface area contributed by atoms with Crippen LogP contribution in [0.15, 0.2) is 18.2 Å². The molecule has 7 heteroatoms. The van der Waals surface area contributed by atoms with Crippen LogP contribution in [0.5, 0.6) is 11.5 Å². The Labute approximate surface area is 148 Å². The van der Waals surface area contributed by atoms with Crippen molar-refractivity contribution in [3.05, 3.63) is 23.8 Å². The maximum Gasteiger partial charge on any atom is 0.237 e. The number of nitrogens with one attached hydrogen (secondary N) is 1. The molecule has 0 saturated carbocycles. The lowest BCUT2D eigenvalue weighted by atomic mass is 10.1. The number of ether oxygens (including phenoxy) is 2. The van der Waals surface area contributed by atoms with Crippen molar-refractivity contribution in [2.75, 3.05) is 40.4 Å². The van der Waals surface area contributed by atoms with Gasteiger partial charge >= 0.3 is 0 Å². The Morgan fingerprint density at radius 1 is 1.12 bits per heavy atom. The molecule has 1 aliphatic heterocycles. The monoisotopic (exact) mass is 349 g/mol. The summed E-state index contributed by atoms with van der Waals surface area (Å²) < 4.78 is 10.5. The second kappa shape index (κ2) is 8.71. The number of carbonyl (C=O) groups excluding carboxylic acids is 2. The van der Waals surface area contributed by atoms with E-state index in [1.807, 2.05) is 30.0 Å². The molecular weight excluding hydrogens is 322 g/mol. The molecule has 7 nitrogen and oxygen atoms in total. The van der Waals surface area contributed by atoms with Gasteiger partial charge in [0.15, 0.2) is 11.5 Å².